The van der Waals surface area contributed by atoms with E-state index in [0.717, 1.165) is 24.9 Å². The van der Waals surface area contributed by atoms with E-state index < -0.39 is 0 Å². The number of piperidine rings is 1. The molecule has 1 aromatic rings. The van der Waals surface area contributed by atoms with Crippen LogP contribution in [0, 0.1) is 12.8 Å². The molecule has 0 spiro atoms. The minimum atomic E-state index is 0.246. The molecule has 0 radical (unpaired) electrons. The third-order valence-electron chi connectivity index (χ3n) is 4.08. The van der Waals surface area contributed by atoms with Crippen molar-refractivity contribution in [1.29, 1.82) is 0 Å². The predicted molar refractivity (Wildman–Crippen MR) is 74.9 cm³/mol. The lowest BCUT2D eigenvalue weighted by Crippen LogP contribution is -2.36. The lowest BCUT2D eigenvalue weighted by Gasteiger charge is -2.34. The molecule has 1 fully saturated rings. The van der Waals surface area contributed by atoms with E-state index in [1.165, 1.54) is 25.8 Å². The van der Waals surface area contributed by atoms with E-state index >= 15 is 0 Å². The fourth-order valence-electron chi connectivity index (χ4n) is 2.71. The van der Waals surface area contributed by atoms with E-state index in [1.54, 1.807) is 0 Å². The van der Waals surface area contributed by atoms with Crippen molar-refractivity contribution in [2.75, 3.05) is 33.7 Å². The second-order valence-electron chi connectivity index (χ2n) is 5.91. The van der Waals surface area contributed by atoms with Crippen LogP contribution in [0.5, 0.6) is 0 Å². The van der Waals surface area contributed by atoms with Crippen LogP contribution in [0.2, 0.25) is 0 Å². The smallest absolute Gasteiger partial charge is 0.233 e. The van der Waals surface area contributed by atoms with Gasteiger partial charge in [0.25, 0.3) is 0 Å². The molecule has 0 aliphatic carbocycles. The zero-order chi connectivity index (χ0) is 13.8. The van der Waals surface area contributed by atoms with Gasteiger partial charge in [-0.1, -0.05) is 0 Å². The molecule has 0 amide bonds. The SMILES string of the molecule is Cc1nnc([C@H](C)N2CCC(CCN(C)C)CC2)o1. The number of likely N-dealkylation sites (tertiary alicyclic amines) is 1. The summed E-state index contributed by atoms with van der Waals surface area (Å²) < 4.78 is 5.53. The maximum Gasteiger partial charge on any atom is 0.233 e. The van der Waals surface area contributed by atoms with Gasteiger partial charge in [0, 0.05) is 6.92 Å². The quantitative estimate of drug-likeness (QED) is 0.816. The summed E-state index contributed by atoms with van der Waals surface area (Å²) in [4.78, 5) is 4.73. The van der Waals surface area contributed by atoms with Crippen LogP contribution in [0.4, 0.5) is 0 Å². The summed E-state index contributed by atoms with van der Waals surface area (Å²) in [6.07, 6.45) is 3.88. The van der Waals surface area contributed by atoms with Gasteiger partial charge >= 0.3 is 0 Å². The highest BCUT2D eigenvalue weighted by Gasteiger charge is 2.26. The molecule has 5 heteroatoms. The van der Waals surface area contributed by atoms with Crippen LogP contribution in [0.25, 0.3) is 0 Å². The van der Waals surface area contributed by atoms with Crippen molar-refractivity contribution in [1.82, 2.24) is 20.0 Å². The van der Waals surface area contributed by atoms with Gasteiger partial charge in [-0.25, -0.2) is 0 Å². The first-order chi connectivity index (χ1) is 9.06. The number of hydrogen-bond donors (Lipinski definition) is 0. The number of rotatable bonds is 5. The van der Waals surface area contributed by atoms with E-state index in [0.29, 0.717) is 5.89 Å². The highest BCUT2D eigenvalue weighted by Crippen LogP contribution is 2.27. The molecule has 0 saturated carbocycles. The van der Waals surface area contributed by atoms with Crippen molar-refractivity contribution < 1.29 is 4.42 Å². The van der Waals surface area contributed by atoms with E-state index in [9.17, 15) is 0 Å². The van der Waals surface area contributed by atoms with Crippen LogP contribution in [0.3, 0.4) is 0 Å². The summed E-state index contributed by atoms with van der Waals surface area (Å²) in [6, 6.07) is 0.246. The molecule has 0 aromatic carbocycles. The summed E-state index contributed by atoms with van der Waals surface area (Å²) in [5, 5.41) is 8.05. The fraction of sp³-hybridized carbons (Fsp3) is 0.857. The van der Waals surface area contributed by atoms with E-state index in [-0.39, 0.29) is 6.04 Å². The Kier molecular flexibility index (Phi) is 4.93. The monoisotopic (exact) mass is 266 g/mol. The maximum absolute atomic E-state index is 5.53. The predicted octanol–water partition coefficient (Wildman–Crippen LogP) is 2.10. The molecule has 1 aliphatic heterocycles. The summed E-state index contributed by atoms with van der Waals surface area (Å²) in [5.74, 6) is 2.28. The lowest BCUT2D eigenvalue weighted by atomic mass is 9.92. The Bertz CT molecular complexity index is 383. The molecule has 1 aromatic heterocycles. The van der Waals surface area contributed by atoms with Crippen molar-refractivity contribution in [2.24, 2.45) is 5.92 Å². The Hall–Kier alpha value is -0.940. The average molecular weight is 266 g/mol. The van der Waals surface area contributed by atoms with Crippen LogP contribution >= 0.6 is 0 Å². The molecule has 1 atom stereocenters. The molecule has 2 heterocycles. The van der Waals surface area contributed by atoms with E-state index in [4.69, 9.17) is 4.42 Å². The molecule has 1 aliphatic rings. The topological polar surface area (TPSA) is 45.4 Å². The van der Waals surface area contributed by atoms with Crippen LogP contribution in [-0.4, -0.2) is 53.7 Å². The normalized spacial score (nSPS) is 20.1. The van der Waals surface area contributed by atoms with Crippen molar-refractivity contribution in [2.45, 2.75) is 39.2 Å². The number of aromatic nitrogens is 2. The van der Waals surface area contributed by atoms with Gasteiger partial charge < -0.3 is 9.32 Å². The standard InChI is InChI=1S/C14H26N4O/c1-11(14-16-15-12(2)19-14)18-9-6-13(7-10-18)5-8-17(3)4/h11,13H,5-10H2,1-4H3/t11-/m0/s1. The van der Waals surface area contributed by atoms with Gasteiger partial charge in [-0.05, 0) is 65.8 Å². The molecular weight excluding hydrogens is 240 g/mol. The average Bonchev–Trinajstić information content (AvgIpc) is 2.83. The molecule has 108 valence electrons. The molecule has 19 heavy (non-hydrogen) atoms. The second kappa shape index (κ2) is 6.48. The minimum Gasteiger partial charge on any atom is -0.424 e. The molecule has 2 rings (SSSR count). The van der Waals surface area contributed by atoms with Gasteiger partial charge in [-0.15, -0.1) is 10.2 Å². The zero-order valence-electron chi connectivity index (χ0n) is 12.6. The summed E-state index contributed by atoms with van der Waals surface area (Å²) >= 11 is 0. The van der Waals surface area contributed by atoms with Crippen molar-refractivity contribution in [3.63, 3.8) is 0 Å². The maximum atomic E-state index is 5.53. The van der Waals surface area contributed by atoms with Gasteiger partial charge in [0.2, 0.25) is 11.8 Å². The molecule has 0 N–H and O–H groups in total. The number of nitrogens with zero attached hydrogens (tertiary/aromatic N) is 4. The van der Waals surface area contributed by atoms with Crippen LogP contribution in [0.1, 0.15) is 44.0 Å². The Morgan fingerprint density at radius 2 is 2.00 bits per heavy atom. The third kappa shape index (κ3) is 4.01. The van der Waals surface area contributed by atoms with Crippen LogP contribution in [0.15, 0.2) is 4.42 Å². The number of aryl methyl sites for hydroxylation is 1. The third-order valence-corrected chi connectivity index (χ3v) is 4.08. The first-order valence-corrected chi connectivity index (χ1v) is 7.25. The van der Waals surface area contributed by atoms with Gasteiger partial charge in [0.15, 0.2) is 0 Å². The van der Waals surface area contributed by atoms with Gasteiger partial charge in [0.1, 0.15) is 0 Å². The number of hydrogen-bond acceptors (Lipinski definition) is 5. The first kappa shape index (κ1) is 14.5. The Balaban J connectivity index is 1.79. The molecule has 0 bridgehead atoms. The van der Waals surface area contributed by atoms with E-state index in [1.807, 2.05) is 6.92 Å². The second-order valence-corrected chi connectivity index (χ2v) is 5.91. The molecular formula is C14H26N4O. The van der Waals surface area contributed by atoms with Crippen molar-refractivity contribution in [3.05, 3.63) is 11.8 Å². The Labute approximate surface area is 116 Å². The van der Waals surface area contributed by atoms with Crippen LogP contribution in [-0.2, 0) is 0 Å². The van der Waals surface area contributed by atoms with Gasteiger partial charge in [-0.2, -0.15) is 0 Å². The molecule has 1 saturated heterocycles. The highest BCUT2D eigenvalue weighted by molar-refractivity contribution is 4.89. The highest BCUT2D eigenvalue weighted by atomic mass is 16.4. The van der Waals surface area contributed by atoms with Crippen LogP contribution < -0.4 is 0 Å². The lowest BCUT2D eigenvalue weighted by molar-refractivity contribution is 0.118. The summed E-state index contributed by atoms with van der Waals surface area (Å²) in [6.45, 7) is 7.48. The fourth-order valence-corrected chi connectivity index (χ4v) is 2.71. The minimum absolute atomic E-state index is 0.246. The van der Waals surface area contributed by atoms with E-state index in [2.05, 4.69) is 41.0 Å². The summed E-state index contributed by atoms with van der Waals surface area (Å²) in [7, 11) is 4.30. The largest absolute Gasteiger partial charge is 0.424 e. The van der Waals surface area contributed by atoms with Crippen molar-refractivity contribution in [3.8, 4) is 0 Å². The zero-order valence-corrected chi connectivity index (χ0v) is 12.6. The van der Waals surface area contributed by atoms with Gasteiger partial charge in [-0.3, -0.25) is 4.90 Å². The summed E-state index contributed by atoms with van der Waals surface area (Å²) in [5.41, 5.74) is 0. The van der Waals surface area contributed by atoms with Gasteiger partial charge in [0.05, 0.1) is 6.04 Å². The Morgan fingerprint density at radius 1 is 1.32 bits per heavy atom. The van der Waals surface area contributed by atoms with Crippen molar-refractivity contribution >= 4 is 0 Å². The molecule has 5 nitrogen and oxygen atoms in total. The Morgan fingerprint density at radius 3 is 2.53 bits per heavy atom. The first-order valence-electron chi connectivity index (χ1n) is 7.25. The molecule has 0 unspecified atom stereocenters.